The number of hydrogen-bond donors (Lipinski definition) is 2. The monoisotopic (exact) mass is 352 g/mol. The van der Waals surface area contributed by atoms with Crippen molar-refractivity contribution in [3.8, 4) is 5.75 Å². The first kappa shape index (κ1) is 18.1. The van der Waals surface area contributed by atoms with E-state index in [1.807, 2.05) is 6.07 Å². The number of carbonyl (C=O) groups excluding carboxylic acids is 2. The van der Waals surface area contributed by atoms with Crippen LogP contribution < -0.4 is 10.1 Å². The molecule has 0 aliphatic carbocycles. The first-order chi connectivity index (χ1) is 11.6. The number of benzene rings is 1. The number of para-hydroxylation sites is 1. The first-order valence-corrected chi connectivity index (χ1v) is 8.75. The van der Waals surface area contributed by atoms with Gasteiger partial charge in [-0.3, -0.25) is 14.4 Å². The van der Waals surface area contributed by atoms with Gasteiger partial charge in [0, 0.05) is 18.1 Å². The number of carboxylic acids is 1. The predicted octanol–water partition coefficient (Wildman–Crippen LogP) is 0.600. The van der Waals surface area contributed by atoms with Crippen LogP contribution in [0, 0.1) is 0 Å². The lowest BCUT2D eigenvalue weighted by atomic mass is 10.2. The van der Waals surface area contributed by atoms with E-state index < -0.39 is 11.9 Å². The molecule has 1 heterocycles. The standard InChI is InChI=1S/C16H20N2O5S/c19-14(10-23-13-4-2-1-3-5-13)17-9-15(20)18-6-7-24-11-12(18)8-16(21)22/h1-5,12H,6-11H2,(H,17,19)(H,21,22). The van der Waals surface area contributed by atoms with Gasteiger partial charge in [0.05, 0.1) is 19.0 Å². The van der Waals surface area contributed by atoms with Crippen LogP contribution in [0.25, 0.3) is 0 Å². The highest BCUT2D eigenvalue weighted by Crippen LogP contribution is 2.19. The summed E-state index contributed by atoms with van der Waals surface area (Å²) < 4.78 is 5.30. The predicted molar refractivity (Wildman–Crippen MR) is 90.0 cm³/mol. The van der Waals surface area contributed by atoms with Gasteiger partial charge in [-0.15, -0.1) is 0 Å². The summed E-state index contributed by atoms with van der Waals surface area (Å²) in [7, 11) is 0. The van der Waals surface area contributed by atoms with Crippen molar-refractivity contribution >= 4 is 29.5 Å². The van der Waals surface area contributed by atoms with E-state index in [2.05, 4.69) is 5.32 Å². The van der Waals surface area contributed by atoms with E-state index in [-0.39, 0.29) is 31.5 Å². The second kappa shape index (κ2) is 9.17. The molecule has 130 valence electrons. The molecule has 24 heavy (non-hydrogen) atoms. The summed E-state index contributed by atoms with van der Waals surface area (Å²) >= 11 is 1.63. The largest absolute Gasteiger partial charge is 0.484 e. The number of carbonyl (C=O) groups is 3. The number of hydrogen-bond acceptors (Lipinski definition) is 5. The van der Waals surface area contributed by atoms with Crippen molar-refractivity contribution in [2.24, 2.45) is 0 Å². The molecule has 0 aromatic heterocycles. The molecule has 1 unspecified atom stereocenters. The summed E-state index contributed by atoms with van der Waals surface area (Å²) in [4.78, 5) is 36.4. The van der Waals surface area contributed by atoms with E-state index in [0.717, 1.165) is 5.75 Å². The van der Waals surface area contributed by atoms with Gasteiger partial charge in [-0.25, -0.2) is 0 Å². The molecule has 1 fully saturated rings. The molecule has 1 saturated heterocycles. The molecule has 2 amide bonds. The Bertz CT molecular complexity index is 581. The van der Waals surface area contributed by atoms with Crippen LogP contribution in [0.3, 0.4) is 0 Å². The van der Waals surface area contributed by atoms with Gasteiger partial charge < -0.3 is 20.1 Å². The molecule has 1 atom stereocenters. The maximum Gasteiger partial charge on any atom is 0.305 e. The normalized spacial score (nSPS) is 17.2. The number of rotatable bonds is 7. The Labute approximate surface area is 144 Å². The quantitative estimate of drug-likeness (QED) is 0.746. The average molecular weight is 352 g/mol. The van der Waals surface area contributed by atoms with Crippen LogP contribution >= 0.6 is 11.8 Å². The molecule has 1 aromatic carbocycles. The fourth-order valence-corrected chi connectivity index (χ4v) is 3.41. The fourth-order valence-electron chi connectivity index (χ4n) is 2.35. The Morgan fingerprint density at radius 3 is 2.75 bits per heavy atom. The molecule has 7 nitrogen and oxygen atoms in total. The molecule has 0 radical (unpaired) electrons. The summed E-state index contributed by atoms with van der Waals surface area (Å²) in [6.45, 7) is 0.168. The molecular weight excluding hydrogens is 332 g/mol. The Hall–Kier alpha value is -2.22. The topological polar surface area (TPSA) is 95.9 Å². The van der Waals surface area contributed by atoms with E-state index in [9.17, 15) is 14.4 Å². The zero-order chi connectivity index (χ0) is 17.4. The maximum absolute atomic E-state index is 12.2. The lowest BCUT2D eigenvalue weighted by Gasteiger charge is -2.34. The lowest BCUT2D eigenvalue weighted by Crippen LogP contribution is -2.50. The summed E-state index contributed by atoms with van der Waals surface area (Å²) in [5, 5.41) is 11.4. The minimum Gasteiger partial charge on any atom is -0.484 e. The van der Waals surface area contributed by atoms with E-state index in [0.29, 0.717) is 18.0 Å². The number of ether oxygens (including phenoxy) is 1. The van der Waals surface area contributed by atoms with Crippen molar-refractivity contribution < 1.29 is 24.2 Å². The molecule has 1 aliphatic heterocycles. The van der Waals surface area contributed by atoms with Gasteiger partial charge >= 0.3 is 5.97 Å². The van der Waals surface area contributed by atoms with Gasteiger partial charge in [-0.1, -0.05) is 18.2 Å². The molecule has 0 bridgehead atoms. The molecule has 1 aromatic rings. The SMILES string of the molecule is O=C(O)CC1CSCCN1C(=O)CNC(=O)COc1ccccc1. The van der Waals surface area contributed by atoms with Crippen molar-refractivity contribution in [2.45, 2.75) is 12.5 Å². The molecule has 8 heteroatoms. The summed E-state index contributed by atoms with van der Waals surface area (Å²) in [5.41, 5.74) is 0. The summed E-state index contributed by atoms with van der Waals surface area (Å²) in [6, 6.07) is 8.59. The number of thioether (sulfide) groups is 1. The lowest BCUT2D eigenvalue weighted by molar-refractivity contribution is -0.141. The fraction of sp³-hybridized carbons (Fsp3) is 0.438. The van der Waals surface area contributed by atoms with Gasteiger partial charge in [0.1, 0.15) is 5.75 Å². The third-order valence-electron chi connectivity index (χ3n) is 3.51. The van der Waals surface area contributed by atoms with Crippen LogP contribution in [0.1, 0.15) is 6.42 Å². The number of carboxylic acid groups (broad SMARTS) is 1. The van der Waals surface area contributed by atoms with E-state index >= 15 is 0 Å². The summed E-state index contributed by atoms with van der Waals surface area (Å²) in [6.07, 6.45) is -0.0796. The molecule has 2 rings (SSSR count). The van der Waals surface area contributed by atoms with Crippen molar-refractivity contribution in [1.82, 2.24) is 10.2 Å². The van der Waals surface area contributed by atoms with Crippen LogP contribution in [-0.2, 0) is 14.4 Å². The van der Waals surface area contributed by atoms with E-state index in [1.165, 1.54) is 0 Å². The third-order valence-corrected chi connectivity index (χ3v) is 4.60. The third kappa shape index (κ3) is 5.77. The second-order valence-electron chi connectivity index (χ2n) is 5.29. The van der Waals surface area contributed by atoms with Gasteiger partial charge in [0.15, 0.2) is 6.61 Å². The molecule has 1 aliphatic rings. The molecular formula is C16H20N2O5S. The Balaban J connectivity index is 1.76. The molecule has 0 saturated carbocycles. The smallest absolute Gasteiger partial charge is 0.305 e. The van der Waals surface area contributed by atoms with Crippen LogP contribution in [-0.4, -0.2) is 65.0 Å². The first-order valence-electron chi connectivity index (χ1n) is 7.60. The average Bonchev–Trinajstić information content (AvgIpc) is 2.58. The highest BCUT2D eigenvalue weighted by molar-refractivity contribution is 7.99. The van der Waals surface area contributed by atoms with Gasteiger partial charge in [0.25, 0.3) is 5.91 Å². The zero-order valence-corrected chi connectivity index (χ0v) is 14.0. The van der Waals surface area contributed by atoms with Gasteiger partial charge in [-0.2, -0.15) is 11.8 Å². The Morgan fingerprint density at radius 1 is 1.29 bits per heavy atom. The Morgan fingerprint density at radius 2 is 2.04 bits per heavy atom. The minimum atomic E-state index is -0.930. The number of amides is 2. The van der Waals surface area contributed by atoms with Crippen LogP contribution in [0.5, 0.6) is 5.75 Å². The number of nitrogens with one attached hydrogen (secondary N) is 1. The van der Waals surface area contributed by atoms with Crippen LogP contribution in [0.4, 0.5) is 0 Å². The van der Waals surface area contributed by atoms with Crippen molar-refractivity contribution in [3.63, 3.8) is 0 Å². The highest BCUT2D eigenvalue weighted by atomic mass is 32.2. The maximum atomic E-state index is 12.2. The number of aliphatic carboxylic acids is 1. The Kier molecular flexibility index (Phi) is 6.92. The minimum absolute atomic E-state index is 0.0796. The zero-order valence-electron chi connectivity index (χ0n) is 13.1. The van der Waals surface area contributed by atoms with Crippen molar-refractivity contribution in [2.75, 3.05) is 31.2 Å². The second-order valence-corrected chi connectivity index (χ2v) is 6.44. The highest BCUT2D eigenvalue weighted by Gasteiger charge is 2.28. The van der Waals surface area contributed by atoms with Crippen molar-refractivity contribution in [3.05, 3.63) is 30.3 Å². The molecule has 0 spiro atoms. The van der Waals surface area contributed by atoms with Gasteiger partial charge in [-0.05, 0) is 12.1 Å². The molecule has 2 N–H and O–H groups in total. The van der Waals surface area contributed by atoms with Gasteiger partial charge in [0.2, 0.25) is 5.91 Å². The van der Waals surface area contributed by atoms with Crippen LogP contribution in [0.2, 0.25) is 0 Å². The van der Waals surface area contributed by atoms with E-state index in [4.69, 9.17) is 9.84 Å². The van der Waals surface area contributed by atoms with Crippen molar-refractivity contribution in [1.29, 1.82) is 0 Å². The number of nitrogens with zero attached hydrogens (tertiary/aromatic N) is 1. The summed E-state index contributed by atoms with van der Waals surface area (Å²) in [5.74, 6) is 0.355. The van der Waals surface area contributed by atoms with E-state index in [1.54, 1.807) is 40.9 Å². The van der Waals surface area contributed by atoms with Crippen LogP contribution in [0.15, 0.2) is 30.3 Å².